The molecule has 0 saturated carbocycles. The Morgan fingerprint density at radius 3 is 2.81 bits per heavy atom. The zero-order chi connectivity index (χ0) is 15.0. The Bertz CT molecular complexity index is 793. The van der Waals surface area contributed by atoms with E-state index in [0.29, 0.717) is 0 Å². The fourth-order valence-electron chi connectivity index (χ4n) is 1.96. The van der Waals surface area contributed by atoms with E-state index in [2.05, 4.69) is 26.8 Å². The zero-order valence-electron chi connectivity index (χ0n) is 11.9. The van der Waals surface area contributed by atoms with Crippen molar-refractivity contribution in [3.63, 3.8) is 0 Å². The number of aromatic nitrogens is 2. The third-order valence-corrected chi connectivity index (χ3v) is 6.14. The normalized spacial score (nSPS) is 12.7. The van der Waals surface area contributed by atoms with Crippen molar-refractivity contribution >= 4 is 50.4 Å². The van der Waals surface area contributed by atoms with Gasteiger partial charge in [0.15, 0.2) is 0 Å². The second-order valence-electron chi connectivity index (χ2n) is 4.75. The van der Waals surface area contributed by atoms with Crippen molar-refractivity contribution in [3.05, 3.63) is 28.7 Å². The van der Waals surface area contributed by atoms with E-state index in [1.54, 1.807) is 29.6 Å². The molecule has 0 amide bonds. The van der Waals surface area contributed by atoms with E-state index in [9.17, 15) is 4.79 Å². The van der Waals surface area contributed by atoms with Crippen LogP contribution in [0.5, 0.6) is 0 Å². The van der Waals surface area contributed by atoms with Crippen LogP contribution < -0.4 is 0 Å². The second-order valence-corrected chi connectivity index (χ2v) is 7.89. The van der Waals surface area contributed by atoms with E-state index < -0.39 is 0 Å². The van der Waals surface area contributed by atoms with Crippen molar-refractivity contribution in [1.29, 1.82) is 0 Å². The van der Waals surface area contributed by atoms with Gasteiger partial charge < -0.3 is 0 Å². The molecular formula is C15H14N2OS3. The second kappa shape index (κ2) is 5.87. The molecule has 0 bridgehead atoms. The van der Waals surface area contributed by atoms with Gasteiger partial charge in [-0.3, -0.25) is 4.79 Å². The highest BCUT2D eigenvalue weighted by Crippen LogP contribution is 2.40. The fraction of sp³-hybridized carbons (Fsp3) is 0.267. The molecule has 3 aromatic rings. The quantitative estimate of drug-likeness (QED) is 0.508. The van der Waals surface area contributed by atoms with Crippen LogP contribution in [0, 0.1) is 6.92 Å². The number of hydrogen-bond donors (Lipinski definition) is 0. The third kappa shape index (κ3) is 2.88. The van der Waals surface area contributed by atoms with Crippen molar-refractivity contribution in [1.82, 2.24) is 9.97 Å². The number of hydrogen-bond acceptors (Lipinski definition) is 6. The zero-order valence-corrected chi connectivity index (χ0v) is 14.4. The van der Waals surface area contributed by atoms with Crippen LogP contribution in [0.3, 0.4) is 0 Å². The first-order chi connectivity index (χ1) is 10.1. The maximum absolute atomic E-state index is 11.6. The fourth-order valence-corrected chi connectivity index (χ4v) is 4.84. The highest BCUT2D eigenvalue weighted by molar-refractivity contribution is 8.00. The molecule has 6 heteroatoms. The standard InChI is InChI=1S/C15H14N2OS3/c1-8(18)9(2)21-15-13-11(12-5-4-6-19-12)7-20-14(13)16-10(3)17-15/h4-7,9H,1-3H3/t9-/m0/s1. The van der Waals surface area contributed by atoms with E-state index in [1.165, 1.54) is 22.2 Å². The molecule has 0 aliphatic rings. The lowest BCUT2D eigenvalue weighted by Gasteiger charge is -2.09. The van der Waals surface area contributed by atoms with Gasteiger partial charge in [0.1, 0.15) is 21.5 Å². The van der Waals surface area contributed by atoms with Gasteiger partial charge in [-0.15, -0.1) is 22.7 Å². The van der Waals surface area contributed by atoms with Crippen molar-refractivity contribution in [2.45, 2.75) is 31.0 Å². The first-order valence-electron chi connectivity index (χ1n) is 6.53. The highest BCUT2D eigenvalue weighted by atomic mass is 32.2. The summed E-state index contributed by atoms with van der Waals surface area (Å²) in [6, 6.07) is 4.15. The minimum atomic E-state index is -0.0985. The van der Waals surface area contributed by atoms with Crippen LogP contribution in [0.4, 0.5) is 0 Å². The lowest BCUT2D eigenvalue weighted by atomic mass is 10.2. The van der Waals surface area contributed by atoms with E-state index in [1.807, 2.05) is 19.9 Å². The molecule has 3 aromatic heterocycles. The molecule has 0 saturated heterocycles. The predicted octanol–water partition coefficient (Wildman–Crippen LogP) is 4.80. The van der Waals surface area contributed by atoms with Crippen molar-refractivity contribution in [2.24, 2.45) is 0 Å². The largest absolute Gasteiger partial charge is 0.299 e. The third-order valence-electron chi connectivity index (χ3n) is 3.16. The summed E-state index contributed by atoms with van der Waals surface area (Å²) in [5, 5.41) is 6.08. The molecular weight excluding hydrogens is 320 g/mol. The number of fused-ring (bicyclic) bond motifs is 1. The summed E-state index contributed by atoms with van der Waals surface area (Å²) in [6.45, 7) is 5.44. The predicted molar refractivity (Wildman–Crippen MR) is 91.5 cm³/mol. The highest BCUT2D eigenvalue weighted by Gasteiger charge is 2.18. The summed E-state index contributed by atoms with van der Waals surface area (Å²) in [5.74, 6) is 0.914. The summed E-state index contributed by atoms with van der Waals surface area (Å²) in [5.41, 5.74) is 1.17. The molecule has 3 nitrogen and oxygen atoms in total. The van der Waals surface area contributed by atoms with Crippen LogP contribution >= 0.6 is 34.4 Å². The van der Waals surface area contributed by atoms with Crippen LogP contribution in [-0.4, -0.2) is 21.0 Å². The van der Waals surface area contributed by atoms with Gasteiger partial charge in [0.2, 0.25) is 0 Å². The Balaban J connectivity index is 2.17. The maximum Gasteiger partial charge on any atom is 0.142 e. The molecule has 1 atom stereocenters. The van der Waals surface area contributed by atoms with Crippen molar-refractivity contribution < 1.29 is 4.79 Å². The van der Waals surface area contributed by atoms with Gasteiger partial charge in [-0.1, -0.05) is 17.8 Å². The number of carbonyl (C=O) groups excluding carboxylic acids is 1. The molecule has 0 aliphatic heterocycles. The number of thioether (sulfide) groups is 1. The number of ketones is 1. The summed E-state index contributed by atoms with van der Waals surface area (Å²) < 4.78 is 0. The Labute approximate surface area is 135 Å². The molecule has 0 aliphatic carbocycles. The lowest BCUT2D eigenvalue weighted by Crippen LogP contribution is -2.08. The number of nitrogens with zero attached hydrogens (tertiary/aromatic N) is 2. The number of thiophene rings is 2. The van der Waals surface area contributed by atoms with Crippen molar-refractivity contribution in [2.75, 3.05) is 0 Å². The van der Waals surface area contributed by atoms with E-state index in [4.69, 9.17) is 0 Å². The number of carbonyl (C=O) groups is 1. The summed E-state index contributed by atoms with van der Waals surface area (Å²) >= 11 is 4.86. The number of aryl methyl sites for hydroxylation is 1. The number of Topliss-reactive ketones (excluding diaryl/α,β-unsaturated/α-hetero) is 1. The van der Waals surface area contributed by atoms with E-state index in [0.717, 1.165) is 21.1 Å². The van der Waals surface area contributed by atoms with Gasteiger partial charge >= 0.3 is 0 Å². The Morgan fingerprint density at radius 1 is 1.33 bits per heavy atom. The van der Waals surface area contributed by atoms with Crippen LogP contribution in [-0.2, 0) is 4.79 Å². The molecule has 3 rings (SSSR count). The summed E-state index contributed by atoms with van der Waals surface area (Å²) in [4.78, 5) is 22.9. The molecule has 108 valence electrons. The molecule has 0 aromatic carbocycles. The number of rotatable bonds is 4. The first kappa shape index (κ1) is 14.7. The summed E-state index contributed by atoms with van der Waals surface area (Å²) in [6.07, 6.45) is 0. The molecule has 0 fully saturated rings. The van der Waals surface area contributed by atoms with Crippen LogP contribution in [0.2, 0.25) is 0 Å². The van der Waals surface area contributed by atoms with Gasteiger partial charge in [-0.25, -0.2) is 9.97 Å². The molecule has 0 spiro atoms. The SMILES string of the molecule is CC(=O)[C@H](C)Sc1nc(C)nc2scc(-c3cccs3)c12. The first-order valence-corrected chi connectivity index (χ1v) is 9.17. The van der Waals surface area contributed by atoms with Crippen molar-refractivity contribution in [3.8, 4) is 10.4 Å². The summed E-state index contributed by atoms with van der Waals surface area (Å²) in [7, 11) is 0. The van der Waals surface area contributed by atoms with E-state index in [-0.39, 0.29) is 11.0 Å². The molecule has 0 N–H and O–H groups in total. The van der Waals surface area contributed by atoms with Gasteiger partial charge in [0.05, 0.1) is 10.6 Å². The topological polar surface area (TPSA) is 42.9 Å². The lowest BCUT2D eigenvalue weighted by molar-refractivity contribution is -0.116. The minimum absolute atomic E-state index is 0.0985. The molecule has 0 radical (unpaired) electrons. The average Bonchev–Trinajstić information content (AvgIpc) is 3.05. The molecule has 0 unspecified atom stereocenters. The van der Waals surface area contributed by atoms with Crippen LogP contribution in [0.1, 0.15) is 19.7 Å². The van der Waals surface area contributed by atoms with Gasteiger partial charge in [-0.2, -0.15) is 0 Å². The Kier molecular flexibility index (Phi) is 4.10. The van der Waals surface area contributed by atoms with Crippen LogP contribution in [0.25, 0.3) is 20.7 Å². The van der Waals surface area contributed by atoms with Gasteiger partial charge in [-0.05, 0) is 32.2 Å². The average molecular weight is 334 g/mol. The Hall–Kier alpha value is -1.24. The molecule has 3 heterocycles. The van der Waals surface area contributed by atoms with Gasteiger partial charge in [0, 0.05) is 15.8 Å². The van der Waals surface area contributed by atoms with E-state index >= 15 is 0 Å². The van der Waals surface area contributed by atoms with Crippen LogP contribution in [0.15, 0.2) is 27.9 Å². The van der Waals surface area contributed by atoms with Gasteiger partial charge in [0.25, 0.3) is 0 Å². The minimum Gasteiger partial charge on any atom is -0.299 e. The monoisotopic (exact) mass is 334 g/mol. The Morgan fingerprint density at radius 2 is 2.14 bits per heavy atom. The maximum atomic E-state index is 11.6. The smallest absolute Gasteiger partial charge is 0.142 e. The molecule has 21 heavy (non-hydrogen) atoms.